The largest absolute Gasteiger partial charge is 0.507 e. The Morgan fingerprint density at radius 2 is 1.87 bits per heavy atom. The second-order valence-electron chi connectivity index (χ2n) is 11.9. The summed E-state index contributed by atoms with van der Waals surface area (Å²) in [5.74, 6) is 1.08. The number of carbonyl (C=O) groups excluding carboxylic acids is 2. The van der Waals surface area contributed by atoms with E-state index in [9.17, 15) is 14.7 Å². The summed E-state index contributed by atoms with van der Waals surface area (Å²) in [5.41, 5.74) is 3.02. The van der Waals surface area contributed by atoms with E-state index in [2.05, 4.69) is 24.0 Å². The van der Waals surface area contributed by atoms with Gasteiger partial charge >= 0.3 is 5.91 Å². The number of benzene rings is 3. The van der Waals surface area contributed by atoms with Crippen LogP contribution in [0.1, 0.15) is 62.4 Å². The van der Waals surface area contributed by atoms with Crippen LogP contribution in [0.5, 0.6) is 17.2 Å². The van der Waals surface area contributed by atoms with Crippen molar-refractivity contribution in [3.63, 3.8) is 0 Å². The van der Waals surface area contributed by atoms with E-state index >= 15 is 0 Å². The number of fused-ring (bicyclic) bond motifs is 1. The van der Waals surface area contributed by atoms with Crippen LogP contribution >= 0.6 is 23.1 Å². The van der Waals surface area contributed by atoms with Gasteiger partial charge in [0.05, 0.1) is 24.8 Å². The van der Waals surface area contributed by atoms with Crippen LogP contribution in [0.25, 0.3) is 5.76 Å². The molecule has 4 aromatic rings. The normalized spacial score (nSPS) is 18.4. The van der Waals surface area contributed by atoms with E-state index in [1.807, 2.05) is 50.2 Å². The minimum Gasteiger partial charge on any atom is -0.507 e. The number of thioether (sulfide) groups is 1. The number of ether oxygens (including phenoxy) is 3. The molecule has 6 rings (SSSR count). The highest BCUT2D eigenvalue weighted by Crippen LogP contribution is 2.46. The SMILES string of the molecule is CCOc1cc([C@H]2/C(=C(\O)c3ccc4c(c3)C[C@H](C)O4)C(=O)C(=O)N2c2nnc(SCc3ccccc3)s2)ccc1OCCC(C)C. The maximum Gasteiger partial charge on any atom is 0.301 e. The number of hydrogen-bond acceptors (Lipinski definition) is 10. The molecule has 244 valence electrons. The molecular formula is C36H37N3O6S2. The van der Waals surface area contributed by atoms with Crippen LogP contribution in [0.2, 0.25) is 0 Å². The Morgan fingerprint density at radius 3 is 2.64 bits per heavy atom. The smallest absolute Gasteiger partial charge is 0.301 e. The summed E-state index contributed by atoms with van der Waals surface area (Å²) < 4.78 is 18.5. The Balaban J connectivity index is 1.41. The molecule has 2 aliphatic heterocycles. The van der Waals surface area contributed by atoms with Crippen LogP contribution in [0, 0.1) is 5.92 Å². The summed E-state index contributed by atoms with van der Waals surface area (Å²) in [7, 11) is 0. The second-order valence-corrected chi connectivity index (χ2v) is 14.1. The Labute approximate surface area is 282 Å². The monoisotopic (exact) mass is 671 g/mol. The fourth-order valence-electron chi connectivity index (χ4n) is 5.63. The number of Topliss-reactive ketones (excluding diaryl/α,β-unsaturated/α-hetero) is 1. The number of rotatable bonds is 12. The van der Waals surface area contributed by atoms with Crippen molar-refractivity contribution >= 4 is 45.7 Å². The number of anilines is 1. The number of ketones is 1. The highest BCUT2D eigenvalue weighted by atomic mass is 32.2. The van der Waals surface area contributed by atoms with Gasteiger partial charge in [-0.05, 0) is 73.2 Å². The van der Waals surface area contributed by atoms with Gasteiger partial charge in [0.25, 0.3) is 5.78 Å². The first kappa shape index (κ1) is 32.6. The van der Waals surface area contributed by atoms with E-state index in [0.717, 1.165) is 23.3 Å². The van der Waals surface area contributed by atoms with Gasteiger partial charge in [0.2, 0.25) is 5.13 Å². The molecule has 2 atom stereocenters. The molecule has 1 fully saturated rings. The summed E-state index contributed by atoms with van der Waals surface area (Å²) in [4.78, 5) is 29.0. The molecule has 1 amide bonds. The molecule has 11 heteroatoms. The zero-order valence-electron chi connectivity index (χ0n) is 26.8. The van der Waals surface area contributed by atoms with Gasteiger partial charge in [-0.3, -0.25) is 14.5 Å². The lowest BCUT2D eigenvalue weighted by molar-refractivity contribution is -0.132. The lowest BCUT2D eigenvalue weighted by atomic mass is 9.94. The predicted octanol–water partition coefficient (Wildman–Crippen LogP) is 7.60. The van der Waals surface area contributed by atoms with Crippen molar-refractivity contribution in [1.82, 2.24) is 10.2 Å². The molecule has 0 saturated carbocycles. The lowest BCUT2D eigenvalue weighted by Gasteiger charge is -2.24. The summed E-state index contributed by atoms with van der Waals surface area (Å²) in [5, 5.41) is 20.7. The van der Waals surface area contributed by atoms with Crippen molar-refractivity contribution in [1.29, 1.82) is 0 Å². The number of amides is 1. The molecule has 1 aromatic heterocycles. The third kappa shape index (κ3) is 7.01. The topological polar surface area (TPSA) is 111 Å². The average molecular weight is 672 g/mol. The van der Waals surface area contributed by atoms with Crippen molar-refractivity contribution in [2.75, 3.05) is 18.1 Å². The molecule has 3 aromatic carbocycles. The van der Waals surface area contributed by atoms with Gasteiger partial charge < -0.3 is 19.3 Å². The number of aromatic nitrogens is 2. The highest BCUT2D eigenvalue weighted by Gasteiger charge is 2.48. The Morgan fingerprint density at radius 1 is 1.06 bits per heavy atom. The number of carbonyl (C=O) groups is 2. The molecule has 0 bridgehead atoms. The van der Waals surface area contributed by atoms with Crippen molar-refractivity contribution in [3.8, 4) is 17.2 Å². The lowest BCUT2D eigenvalue weighted by Crippen LogP contribution is -2.29. The molecule has 0 unspecified atom stereocenters. The molecule has 3 heterocycles. The number of aliphatic hydroxyl groups is 1. The Hall–Kier alpha value is -4.35. The summed E-state index contributed by atoms with van der Waals surface area (Å²) in [6.07, 6.45) is 1.57. The van der Waals surface area contributed by atoms with E-state index in [1.165, 1.54) is 28.0 Å². The minimum absolute atomic E-state index is 0.0117. The van der Waals surface area contributed by atoms with Crippen LogP contribution in [0.4, 0.5) is 5.13 Å². The zero-order chi connectivity index (χ0) is 33.1. The van der Waals surface area contributed by atoms with Gasteiger partial charge in [-0.15, -0.1) is 10.2 Å². The molecule has 9 nitrogen and oxygen atoms in total. The summed E-state index contributed by atoms with van der Waals surface area (Å²) in [6, 6.07) is 19.7. The van der Waals surface area contributed by atoms with Gasteiger partial charge in [0.1, 0.15) is 17.6 Å². The van der Waals surface area contributed by atoms with Gasteiger partial charge in [-0.2, -0.15) is 0 Å². The molecule has 0 aliphatic carbocycles. The Bertz CT molecular complexity index is 1810. The van der Waals surface area contributed by atoms with Crippen LogP contribution in [0.3, 0.4) is 0 Å². The number of hydrogen-bond donors (Lipinski definition) is 1. The van der Waals surface area contributed by atoms with Crippen molar-refractivity contribution in [3.05, 3.63) is 94.6 Å². The van der Waals surface area contributed by atoms with Crippen LogP contribution in [0.15, 0.2) is 76.6 Å². The fraction of sp³-hybridized carbons (Fsp3) is 0.333. The van der Waals surface area contributed by atoms with Gasteiger partial charge in [-0.1, -0.05) is 73.3 Å². The molecule has 0 radical (unpaired) electrons. The number of nitrogens with zero attached hydrogens (tertiary/aromatic N) is 3. The molecule has 1 N–H and O–H groups in total. The first-order valence-electron chi connectivity index (χ1n) is 15.7. The molecule has 1 saturated heterocycles. The quantitative estimate of drug-likeness (QED) is 0.0535. The number of aliphatic hydroxyl groups excluding tert-OH is 1. The minimum atomic E-state index is -0.984. The van der Waals surface area contributed by atoms with Gasteiger partial charge in [0, 0.05) is 17.7 Å². The van der Waals surface area contributed by atoms with Crippen molar-refractivity contribution < 1.29 is 28.9 Å². The van der Waals surface area contributed by atoms with Gasteiger partial charge in [-0.25, -0.2) is 0 Å². The van der Waals surface area contributed by atoms with Crippen LogP contribution in [-0.2, 0) is 21.8 Å². The zero-order valence-corrected chi connectivity index (χ0v) is 28.4. The Kier molecular flexibility index (Phi) is 9.84. The first-order valence-corrected chi connectivity index (χ1v) is 17.5. The van der Waals surface area contributed by atoms with E-state index in [4.69, 9.17) is 14.2 Å². The van der Waals surface area contributed by atoms with E-state index < -0.39 is 17.7 Å². The highest BCUT2D eigenvalue weighted by molar-refractivity contribution is 8.00. The van der Waals surface area contributed by atoms with Crippen molar-refractivity contribution in [2.24, 2.45) is 5.92 Å². The standard InChI is InChI=1S/C36H37N3O6S2/c1-5-43-29-19-24(11-14-28(29)44-16-15-21(2)3)31-30(32(40)25-12-13-27-26(18-25)17-22(4)45-27)33(41)34(42)39(31)35-37-38-36(47-35)46-20-23-9-7-6-8-10-23/h6-14,18-19,21-22,31,40H,5,15-17,20H2,1-4H3/b32-30+/t22-,31-/m0/s1. The van der Waals surface area contributed by atoms with E-state index in [-0.39, 0.29) is 22.6 Å². The fourth-order valence-corrected chi connectivity index (χ4v) is 7.46. The van der Waals surface area contributed by atoms with Crippen LogP contribution in [-0.4, -0.2) is 46.3 Å². The molecular weight excluding hydrogens is 635 g/mol. The molecule has 2 aliphatic rings. The summed E-state index contributed by atoms with van der Waals surface area (Å²) in [6.45, 7) is 9.03. The average Bonchev–Trinajstić information content (AvgIpc) is 3.75. The maximum absolute atomic E-state index is 13.8. The predicted molar refractivity (Wildman–Crippen MR) is 183 cm³/mol. The second kappa shape index (κ2) is 14.2. The van der Waals surface area contributed by atoms with E-state index in [0.29, 0.717) is 58.3 Å². The van der Waals surface area contributed by atoms with Crippen molar-refractivity contribution in [2.45, 2.75) is 62.8 Å². The third-order valence-corrected chi connectivity index (χ3v) is 10.1. The molecule has 0 spiro atoms. The van der Waals surface area contributed by atoms with Crippen LogP contribution < -0.4 is 19.1 Å². The van der Waals surface area contributed by atoms with E-state index in [1.54, 1.807) is 30.3 Å². The third-order valence-electron chi connectivity index (χ3n) is 7.96. The van der Waals surface area contributed by atoms with Gasteiger partial charge in [0.15, 0.2) is 15.8 Å². The first-order chi connectivity index (χ1) is 22.7. The molecule has 47 heavy (non-hydrogen) atoms. The summed E-state index contributed by atoms with van der Waals surface area (Å²) >= 11 is 2.73. The maximum atomic E-state index is 13.8.